The van der Waals surface area contributed by atoms with Crippen LogP contribution in [0, 0.1) is 17.0 Å². The number of hydrogen-bond acceptors (Lipinski definition) is 4. The van der Waals surface area contributed by atoms with Crippen molar-refractivity contribution in [1.82, 2.24) is 4.98 Å². The summed E-state index contributed by atoms with van der Waals surface area (Å²) in [4.78, 5) is 15.4. The van der Waals surface area contributed by atoms with Gasteiger partial charge in [-0.3, -0.25) is 10.1 Å². The van der Waals surface area contributed by atoms with E-state index in [1.54, 1.807) is 12.1 Å². The molecule has 0 aliphatic rings. The average molecular weight is 329 g/mol. The maximum absolute atomic E-state index is 11.1. The molecule has 1 heterocycles. The number of pyridine rings is 1. The third kappa shape index (κ3) is 2.65. The van der Waals surface area contributed by atoms with Crippen molar-refractivity contribution in [2.24, 2.45) is 0 Å². The predicted molar refractivity (Wildman–Crippen MR) is 100 cm³/mol. The van der Waals surface area contributed by atoms with Gasteiger partial charge in [0.05, 0.1) is 21.6 Å². The van der Waals surface area contributed by atoms with Crippen molar-refractivity contribution in [3.05, 3.63) is 82.4 Å². The number of benzene rings is 3. The normalized spacial score (nSPS) is 10.9. The van der Waals surface area contributed by atoms with Gasteiger partial charge in [-0.15, -0.1) is 0 Å². The lowest BCUT2D eigenvalue weighted by Gasteiger charge is -2.14. The first-order valence-electron chi connectivity index (χ1n) is 7.93. The van der Waals surface area contributed by atoms with Crippen molar-refractivity contribution in [2.75, 3.05) is 5.32 Å². The molecular weight excluding hydrogens is 314 g/mol. The second-order valence-electron chi connectivity index (χ2n) is 5.90. The molecule has 4 aromatic rings. The van der Waals surface area contributed by atoms with Crippen LogP contribution in [0.1, 0.15) is 5.56 Å². The highest BCUT2D eigenvalue weighted by Crippen LogP contribution is 2.34. The number of nitrogens with one attached hydrogen (secondary N) is 1. The van der Waals surface area contributed by atoms with Crippen LogP contribution < -0.4 is 5.32 Å². The first-order valence-corrected chi connectivity index (χ1v) is 7.93. The molecule has 0 atom stereocenters. The molecule has 4 rings (SSSR count). The van der Waals surface area contributed by atoms with E-state index >= 15 is 0 Å². The zero-order valence-corrected chi connectivity index (χ0v) is 13.6. The molecule has 5 heteroatoms. The second-order valence-corrected chi connectivity index (χ2v) is 5.90. The molecule has 122 valence electrons. The molecule has 1 N–H and O–H groups in total. The van der Waals surface area contributed by atoms with Crippen molar-refractivity contribution < 1.29 is 4.92 Å². The molecule has 3 aromatic carbocycles. The van der Waals surface area contributed by atoms with Crippen LogP contribution in [0.5, 0.6) is 0 Å². The van der Waals surface area contributed by atoms with Crippen LogP contribution in [-0.4, -0.2) is 9.91 Å². The number of nitro benzene ring substituents is 1. The summed E-state index contributed by atoms with van der Waals surface area (Å²) >= 11 is 0. The fourth-order valence-electron chi connectivity index (χ4n) is 2.97. The Labute approximate surface area is 144 Å². The monoisotopic (exact) mass is 329 g/mol. The number of aryl methyl sites for hydroxylation is 1. The van der Waals surface area contributed by atoms with Gasteiger partial charge in [0.25, 0.3) is 5.69 Å². The van der Waals surface area contributed by atoms with Gasteiger partial charge in [-0.05, 0) is 24.6 Å². The minimum Gasteiger partial charge on any atom is -0.354 e. The number of anilines is 2. The van der Waals surface area contributed by atoms with E-state index in [9.17, 15) is 10.1 Å². The fraction of sp³-hybridized carbons (Fsp3) is 0.0500. The van der Waals surface area contributed by atoms with Crippen molar-refractivity contribution in [1.29, 1.82) is 0 Å². The summed E-state index contributed by atoms with van der Waals surface area (Å²) in [5, 5.41) is 16.5. The lowest BCUT2D eigenvalue weighted by molar-refractivity contribution is -0.384. The van der Waals surface area contributed by atoms with E-state index in [1.165, 1.54) is 6.07 Å². The molecule has 25 heavy (non-hydrogen) atoms. The van der Waals surface area contributed by atoms with Crippen LogP contribution in [0.25, 0.3) is 21.8 Å². The Morgan fingerprint density at radius 1 is 0.920 bits per heavy atom. The fourth-order valence-corrected chi connectivity index (χ4v) is 2.97. The number of hydrogen-bond donors (Lipinski definition) is 1. The van der Waals surface area contributed by atoms with Crippen LogP contribution in [0.15, 0.2) is 66.7 Å². The van der Waals surface area contributed by atoms with E-state index in [0.29, 0.717) is 0 Å². The summed E-state index contributed by atoms with van der Waals surface area (Å²) in [7, 11) is 0. The Morgan fingerprint density at radius 2 is 1.52 bits per heavy atom. The number of non-ortho nitro benzene ring substituents is 1. The van der Waals surface area contributed by atoms with E-state index < -0.39 is 0 Å². The molecular formula is C20H15N3O2. The van der Waals surface area contributed by atoms with Gasteiger partial charge in [0, 0.05) is 28.6 Å². The minimum atomic E-state index is -0.382. The zero-order chi connectivity index (χ0) is 17.4. The summed E-state index contributed by atoms with van der Waals surface area (Å²) < 4.78 is 0. The predicted octanol–water partition coefficient (Wildman–Crippen LogP) is 5.35. The highest BCUT2D eigenvalue weighted by Gasteiger charge is 2.13. The van der Waals surface area contributed by atoms with Gasteiger partial charge in [-0.1, -0.05) is 42.5 Å². The van der Waals surface area contributed by atoms with Crippen molar-refractivity contribution in [3.8, 4) is 0 Å². The molecule has 0 fully saturated rings. The third-order valence-electron chi connectivity index (χ3n) is 4.28. The number of rotatable bonds is 3. The third-order valence-corrected chi connectivity index (χ3v) is 4.28. The first-order chi connectivity index (χ1) is 12.1. The van der Waals surface area contributed by atoms with E-state index in [1.807, 2.05) is 55.5 Å². The minimum absolute atomic E-state index is 0.0655. The molecule has 0 aliphatic carbocycles. The number of fused-ring (bicyclic) bond motifs is 2. The SMILES string of the molecule is Cc1ccc([N+](=O)[O-])cc1Nc1c2ccccc2nc2ccccc12. The van der Waals surface area contributed by atoms with Gasteiger partial charge in [0.1, 0.15) is 0 Å². The highest BCUT2D eigenvalue weighted by atomic mass is 16.6. The molecule has 5 nitrogen and oxygen atoms in total. The molecule has 0 unspecified atom stereocenters. The van der Waals surface area contributed by atoms with Crippen LogP contribution in [-0.2, 0) is 0 Å². The molecule has 0 amide bonds. The second kappa shape index (κ2) is 5.87. The summed E-state index contributed by atoms with van der Waals surface area (Å²) in [5.41, 5.74) is 4.39. The number of nitrogens with zero attached hydrogens (tertiary/aromatic N) is 2. The van der Waals surface area contributed by atoms with Gasteiger partial charge >= 0.3 is 0 Å². The summed E-state index contributed by atoms with van der Waals surface area (Å²) in [6.07, 6.45) is 0. The Bertz CT molecular complexity index is 1070. The molecule has 0 aliphatic heterocycles. The van der Waals surface area contributed by atoms with Crippen LogP contribution in [0.4, 0.5) is 17.1 Å². The number of nitro groups is 1. The van der Waals surface area contributed by atoms with Gasteiger partial charge in [-0.25, -0.2) is 4.98 Å². The zero-order valence-electron chi connectivity index (χ0n) is 13.6. The Morgan fingerprint density at radius 3 is 2.12 bits per heavy atom. The number of aromatic nitrogens is 1. The lowest BCUT2D eigenvalue weighted by atomic mass is 10.1. The van der Waals surface area contributed by atoms with E-state index in [0.717, 1.165) is 38.7 Å². The Kier molecular flexibility index (Phi) is 3.54. The average Bonchev–Trinajstić information content (AvgIpc) is 2.63. The maximum atomic E-state index is 11.1. The standard InChI is InChI=1S/C20H15N3O2/c1-13-10-11-14(23(24)25)12-19(13)22-20-15-6-2-4-8-17(15)21-18-9-5-3-7-16(18)20/h2-12H,1H3,(H,21,22). The van der Waals surface area contributed by atoms with Gasteiger partial charge < -0.3 is 5.32 Å². The van der Waals surface area contributed by atoms with E-state index in [-0.39, 0.29) is 10.6 Å². The largest absolute Gasteiger partial charge is 0.354 e. The molecule has 0 bridgehead atoms. The lowest BCUT2D eigenvalue weighted by Crippen LogP contribution is -1.98. The van der Waals surface area contributed by atoms with Crippen molar-refractivity contribution in [2.45, 2.75) is 6.92 Å². The molecule has 0 saturated carbocycles. The number of para-hydroxylation sites is 2. The van der Waals surface area contributed by atoms with Gasteiger partial charge in [0.15, 0.2) is 0 Å². The smallest absolute Gasteiger partial charge is 0.271 e. The van der Waals surface area contributed by atoms with Crippen molar-refractivity contribution in [3.63, 3.8) is 0 Å². The summed E-state index contributed by atoms with van der Waals surface area (Å²) in [6.45, 7) is 1.93. The first kappa shape index (κ1) is 15.1. The molecule has 0 spiro atoms. The molecule has 0 saturated heterocycles. The van der Waals surface area contributed by atoms with Crippen LogP contribution in [0.2, 0.25) is 0 Å². The summed E-state index contributed by atoms with van der Waals surface area (Å²) in [6, 6.07) is 20.6. The van der Waals surface area contributed by atoms with Gasteiger partial charge in [-0.2, -0.15) is 0 Å². The molecule has 0 radical (unpaired) electrons. The van der Waals surface area contributed by atoms with Crippen LogP contribution >= 0.6 is 0 Å². The van der Waals surface area contributed by atoms with Crippen LogP contribution in [0.3, 0.4) is 0 Å². The van der Waals surface area contributed by atoms with Gasteiger partial charge in [0.2, 0.25) is 0 Å². The topological polar surface area (TPSA) is 68.1 Å². The maximum Gasteiger partial charge on any atom is 0.271 e. The Balaban J connectivity index is 1.97. The van der Waals surface area contributed by atoms with E-state index in [2.05, 4.69) is 5.32 Å². The van der Waals surface area contributed by atoms with E-state index in [4.69, 9.17) is 4.98 Å². The quantitative estimate of drug-likeness (QED) is 0.312. The summed E-state index contributed by atoms with van der Waals surface area (Å²) in [5.74, 6) is 0. The highest BCUT2D eigenvalue weighted by molar-refractivity contribution is 6.08. The van der Waals surface area contributed by atoms with Crippen molar-refractivity contribution >= 4 is 38.9 Å². The Hall–Kier alpha value is -3.47. The molecule has 1 aromatic heterocycles.